The molecule has 166 valence electrons. The first-order valence-corrected chi connectivity index (χ1v) is 12.5. The third-order valence-corrected chi connectivity index (χ3v) is 7.11. The average molecular weight is 432 g/mol. The van der Waals surface area contributed by atoms with Crippen LogP contribution in [-0.2, 0) is 9.59 Å². The molecule has 0 heterocycles. The quantitative estimate of drug-likeness (QED) is 0.338. The molecule has 0 saturated carbocycles. The highest BCUT2D eigenvalue weighted by Gasteiger charge is 2.31. The van der Waals surface area contributed by atoms with Crippen LogP contribution >= 0.6 is 23.5 Å². The molecule has 0 saturated heterocycles. The van der Waals surface area contributed by atoms with Crippen LogP contribution in [0.5, 0.6) is 0 Å². The normalized spacial score (nSPS) is 13.6. The topological polar surface area (TPSA) is 60.2 Å². The first-order valence-electron chi connectivity index (χ1n) is 10.6. The Bertz CT molecular complexity index is 500. The summed E-state index contributed by atoms with van der Waals surface area (Å²) >= 11 is 3.48. The lowest BCUT2D eigenvalue weighted by Crippen LogP contribution is -2.43. The van der Waals surface area contributed by atoms with Gasteiger partial charge in [0.05, 0.1) is 5.54 Å². The minimum atomic E-state index is -0.773. The Kier molecular flexibility index (Phi) is 11.4. The van der Waals surface area contributed by atoms with E-state index in [9.17, 15) is 9.59 Å². The Hall–Kier alpha value is 0. The Balaban J connectivity index is 4.20. The number of nitrogens with two attached hydrogens (primary N) is 1. The zero-order valence-electron chi connectivity index (χ0n) is 19.9. The maximum Gasteiger partial charge on any atom is 0.189 e. The molecule has 2 N–H and O–H groups in total. The summed E-state index contributed by atoms with van der Waals surface area (Å²) < 4.78 is 0.325. The van der Waals surface area contributed by atoms with Crippen molar-refractivity contribution in [3.63, 3.8) is 0 Å². The van der Waals surface area contributed by atoms with E-state index in [0.717, 1.165) is 30.8 Å². The Morgan fingerprint density at radius 1 is 0.750 bits per heavy atom. The number of hydrogen-bond acceptors (Lipinski definition) is 5. The first-order chi connectivity index (χ1) is 12.4. The summed E-state index contributed by atoms with van der Waals surface area (Å²) in [6.07, 6.45) is 5.22. The summed E-state index contributed by atoms with van der Waals surface area (Å²) in [7, 11) is 0. The maximum atomic E-state index is 12.4. The minimum absolute atomic E-state index is 0.0370. The molecule has 0 aliphatic heterocycles. The molecule has 3 nitrogen and oxygen atoms in total. The van der Waals surface area contributed by atoms with Crippen LogP contribution in [0.25, 0.3) is 0 Å². The number of Topliss-reactive ketones (excluding diaryl/α,β-unsaturated/α-hetero) is 1. The highest BCUT2D eigenvalue weighted by Crippen LogP contribution is 2.37. The summed E-state index contributed by atoms with van der Waals surface area (Å²) in [5.74, 6) is 2.19. The number of ketones is 1. The lowest BCUT2D eigenvalue weighted by atomic mass is 9.74. The van der Waals surface area contributed by atoms with Gasteiger partial charge in [0.25, 0.3) is 0 Å². The van der Waals surface area contributed by atoms with E-state index in [2.05, 4.69) is 48.5 Å². The van der Waals surface area contributed by atoms with Crippen LogP contribution in [0.3, 0.4) is 0 Å². The molecule has 0 aromatic heterocycles. The number of rotatable bonds is 13. The lowest BCUT2D eigenvalue weighted by molar-refractivity contribution is -0.125. The van der Waals surface area contributed by atoms with E-state index >= 15 is 0 Å². The summed E-state index contributed by atoms with van der Waals surface area (Å²) in [6, 6.07) is 0. The largest absolute Gasteiger partial charge is 0.319 e. The van der Waals surface area contributed by atoms with Gasteiger partial charge in [-0.05, 0) is 56.1 Å². The molecule has 0 rings (SSSR count). The van der Waals surface area contributed by atoms with Gasteiger partial charge in [-0.2, -0.15) is 11.8 Å². The highest BCUT2D eigenvalue weighted by molar-refractivity contribution is 8.13. The van der Waals surface area contributed by atoms with Crippen molar-refractivity contribution in [3.05, 3.63) is 0 Å². The molecule has 28 heavy (non-hydrogen) atoms. The van der Waals surface area contributed by atoms with Gasteiger partial charge >= 0.3 is 0 Å². The second-order valence-electron chi connectivity index (χ2n) is 11.2. The first kappa shape index (κ1) is 28.0. The second-order valence-corrected chi connectivity index (χ2v) is 14.3. The van der Waals surface area contributed by atoms with E-state index in [1.807, 2.05) is 11.8 Å². The molecule has 0 aliphatic carbocycles. The molecule has 0 unspecified atom stereocenters. The monoisotopic (exact) mass is 431 g/mol. The minimum Gasteiger partial charge on any atom is -0.319 e. The van der Waals surface area contributed by atoms with Gasteiger partial charge in [0.1, 0.15) is 0 Å². The average Bonchev–Trinajstić information content (AvgIpc) is 2.46. The van der Waals surface area contributed by atoms with E-state index in [-0.39, 0.29) is 16.6 Å². The number of hydrogen-bond donors (Lipinski definition) is 1. The van der Waals surface area contributed by atoms with Crippen LogP contribution in [-0.4, -0.2) is 32.7 Å². The van der Waals surface area contributed by atoms with E-state index in [1.54, 1.807) is 13.8 Å². The molecule has 0 fully saturated rings. The predicted octanol–water partition coefficient (Wildman–Crippen LogP) is 6.48. The third kappa shape index (κ3) is 14.9. The number of carbonyl (C=O) groups is 2. The Morgan fingerprint density at radius 3 is 1.68 bits per heavy atom. The van der Waals surface area contributed by atoms with Crippen molar-refractivity contribution in [2.75, 3.05) is 11.5 Å². The van der Waals surface area contributed by atoms with Crippen LogP contribution in [0.15, 0.2) is 0 Å². The predicted molar refractivity (Wildman–Crippen MR) is 128 cm³/mol. The van der Waals surface area contributed by atoms with Crippen molar-refractivity contribution in [2.24, 2.45) is 16.6 Å². The smallest absolute Gasteiger partial charge is 0.189 e. The molecule has 0 aromatic rings. The van der Waals surface area contributed by atoms with Gasteiger partial charge in [0.2, 0.25) is 0 Å². The van der Waals surface area contributed by atoms with Crippen molar-refractivity contribution in [2.45, 2.75) is 111 Å². The molecule has 0 atom stereocenters. The molecular weight excluding hydrogens is 386 g/mol. The van der Waals surface area contributed by atoms with E-state index < -0.39 is 5.54 Å². The lowest BCUT2D eigenvalue weighted by Gasteiger charge is -2.32. The fraction of sp³-hybridized carbons (Fsp3) is 0.913. The summed E-state index contributed by atoms with van der Waals surface area (Å²) in [4.78, 5) is 24.6. The molecule has 0 aromatic carbocycles. The van der Waals surface area contributed by atoms with Gasteiger partial charge in [-0.15, -0.1) is 0 Å². The fourth-order valence-corrected chi connectivity index (χ4v) is 4.76. The molecule has 0 spiro atoms. The second kappa shape index (κ2) is 11.4. The summed E-state index contributed by atoms with van der Waals surface area (Å²) in [5.41, 5.74) is 5.03. The SMILES string of the molecule is CC(C)(CCC(C)(C)CC(=O)C(C)(C)N)CC(=O)SCCCCSC(C)(C)C. The third-order valence-electron chi connectivity index (χ3n) is 4.80. The molecular formula is C23H45NO2S2. The molecule has 0 aliphatic rings. The standard InChI is InChI=1S/C23H45NO2S2/c1-20(2,3)28-15-11-10-14-27-19(26)17-22(6,7)13-12-21(4,5)16-18(25)23(8,9)24/h10-17,24H2,1-9H3. The number of carbonyl (C=O) groups excluding carboxylic acids is 2. The van der Waals surface area contributed by atoms with E-state index in [4.69, 9.17) is 5.73 Å². The molecule has 0 radical (unpaired) electrons. The van der Waals surface area contributed by atoms with Crippen LogP contribution in [0.2, 0.25) is 0 Å². The van der Waals surface area contributed by atoms with E-state index in [1.165, 1.54) is 18.2 Å². The summed E-state index contributed by atoms with van der Waals surface area (Å²) in [5, 5.41) is 0.297. The Labute approximate surface area is 183 Å². The zero-order valence-corrected chi connectivity index (χ0v) is 21.5. The van der Waals surface area contributed by atoms with Gasteiger partial charge in [-0.3, -0.25) is 9.59 Å². The van der Waals surface area contributed by atoms with Crippen LogP contribution in [0.4, 0.5) is 0 Å². The van der Waals surface area contributed by atoms with Gasteiger partial charge in [0, 0.05) is 23.3 Å². The van der Waals surface area contributed by atoms with Gasteiger partial charge in [-0.1, -0.05) is 60.2 Å². The molecule has 0 bridgehead atoms. The van der Waals surface area contributed by atoms with Gasteiger partial charge < -0.3 is 5.73 Å². The zero-order chi connectivity index (χ0) is 22.2. The van der Waals surface area contributed by atoms with Crippen molar-refractivity contribution >= 4 is 34.4 Å². The van der Waals surface area contributed by atoms with Crippen molar-refractivity contribution < 1.29 is 9.59 Å². The van der Waals surface area contributed by atoms with Crippen LogP contribution in [0.1, 0.15) is 101 Å². The maximum absolute atomic E-state index is 12.4. The van der Waals surface area contributed by atoms with Crippen LogP contribution < -0.4 is 5.73 Å². The number of unbranched alkanes of at least 4 members (excludes halogenated alkanes) is 1. The van der Waals surface area contributed by atoms with Gasteiger partial charge in [-0.25, -0.2) is 0 Å². The fourth-order valence-electron chi connectivity index (χ4n) is 2.73. The highest BCUT2D eigenvalue weighted by atomic mass is 32.2. The summed E-state index contributed by atoms with van der Waals surface area (Å²) in [6.45, 7) is 18.8. The Morgan fingerprint density at radius 2 is 1.21 bits per heavy atom. The van der Waals surface area contributed by atoms with Gasteiger partial charge in [0.15, 0.2) is 10.9 Å². The van der Waals surface area contributed by atoms with Crippen molar-refractivity contribution in [1.82, 2.24) is 0 Å². The van der Waals surface area contributed by atoms with Crippen molar-refractivity contribution in [1.29, 1.82) is 0 Å². The molecule has 5 heteroatoms. The molecule has 0 amide bonds. The van der Waals surface area contributed by atoms with Crippen molar-refractivity contribution in [3.8, 4) is 0 Å². The number of thioether (sulfide) groups is 2. The van der Waals surface area contributed by atoms with Crippen LogP contribution in [0, 0.1) is 10.8 Å². The van der Waals surface area contributed by atoms with E-state index in [0.29, 0.717) is 22.7 Å².